The minimum Gasteiger partial charge on any atom is -0.444 e. The number of pyridine rings is 1. The molecule has 4 heterocycles. The molecular formula is C28H30ClN5O4. The molecule has 198 valence electrons. The monoisotopic (exact) mass is 535 g/mol. The summed E-state index contributed by atoms with van der Waals surface area (Å²) in [6, 6.07) is 13.1. The van der Waals surface area contributed by atoms with Crippen molar-refractivity contribution in [3.63, 3.8) is 0 Å². The second kappa shape index (κ2) is 9.56. The Kier molecular flexibility index (Phi) is 6.53. The molecular weight excluding hydrogens is 506 g/mol. The van der Waals surface area contributed by atoms with E-state index in [1.54, 1.807) is 6.07 Å². The van der Waals surface area contributed by atoms with Crippen molar-refractivity contribution in [1.29, 1.82) is 0 Å². The fourth-order valence-corrected chi connectivity index (χ4v) is 5.12. The van der Waals surface area contributed by atoms with E-state index in [0.29, 0.717) is 46.9 Å². The number of carbonyl (C=O) groups is 1. The molecule has 1 saturated heterocycles. The number of aryl methyl sites for hydroxylation is 2. The Hall–Kier alpha value is -3.69. The molecule has 3 aromatic heterocycles. The lowest BCUT2D eigenvalue weighted by Crippen LogP contribution is -2.39. The number of β-amino-alcohol motifs (C(OH)–C–C–N with tert-alkyl or cyclic N) is 1. The zero-order valence-corrected chi connectivity index (χ0v) is 22.8. The van der Waals surface area contributed by atoms with E-state index < -0.39 is 17.3 Å². The predicted octanol–water partition coefficient (Wildman–Crippen LogP) is 5.61. The van der Waals surface area contributed by atoms with Crippen LogP contribution in [0, 0.1) is 6.92 Å². The molecule has 1 unspecified atom stereocenters. The van der Waals surface area contributed by atoms with Crippen LogP contribution in [0.1, 0.15) is 38.6 Å². The van der Waals surface area contributed by atoms with Gasteiger partial charge in [-0.1, -0.05) is 29.8 Å². The number of ether oxygens (including phenoxy) is 2. The van der Waals surface area contributed by atoms with Crippen LogP contribution < -0.4 is 4.74 Å². The lowest BCUT2D eigenvalue weighted by molar-refractivity contribution is 0.0120. The Balaban J connectivity index is 1.55. The van der Waals surface area contributed by atoms with E-state index in [9.17, 15) is 9.90 Å². The zero-order valence-electron chi connectivity index (χ0n) is 22.0. The number of nitrogens with zero attached hydrogens (tertiary/aromatic N) is 5. The lowest BCUT2D eigenvalue weighted by atomic mass is 9.91. The van der Waals surface area contributed by atoms with Crippen LogP contribution in [0.4, 0.5) is 4.79 Å². The van der Waals surface area contributed by atoms with Crippen LogP contribution in [0.2, 0.25) is 5.15 Å². The molecule has 1 amide bonds. The number of aromatic nitrogens is 4. The SMILES string of the molecule is Cc1cccc(Oc2ccc(-c3c(C4(O)CCN(C(=O)OC(C)(C)C)C4)n(C)c4ncnc(Cl)c34)cc2)n1. The number of rotatable bonds is 4. The lowest BCUT2D eigenvalue weighted by Gasteiger charge is -2.28. The number of hydrogen-bond acceptors (Lipinski definition) is 7. The van der Waals surface area contributed by atoms with Crippen LogP contribution >= 0.6 is 11.6 Å². The van der Waals surface area contributed by atoms with Gasteiger partial charge in [0.2, 0.25) is 5.88 Å². The number of benzene rings is 1. The van der Waals surface area contributed by atoms with Crippen molar-refractivity contribution in [1.82, 2.24) is 24.4 Å². The van der Waals surface area contributed by atoms with Crippen molar-refractivity contribution in [2.45, 2.75) is 45.3 Å². The van der Waals surface area contributed by atoms with Crippen molar-refractivity contribution in [2.75, 3.05) is 13.1 Å². The van der Waals surface area contributed by atoms with Gasteiger partial charge in [-0.25, -0.2) is 19.7 Å². The number of hydrogen-bond donors (Lipinski definition) is 1. The van der Waals surface area contributed by atoms with Gasteiger partial charge in [-0.2, -0.15) is 0 Å². The summed E-state index contributed by atoms with van der Waals surface area (Å²) in [5.41, 5.74) is 1.57. The number of halogens is 1. The molecule has 0 bridgehead atoms. The molecule has 0 spiro atoms. The molecule has 4 aromatic rings. The van der Waals surface area contributed by atoms with Crippen LogP contribution in [-0.2, 0) is 17.4 Å². The largest absolute Gasteiger partial charge is 0.444 e. The minimum absolute atomic E-state index is 0.0738. The summed E-state index contributed by atoms with van der Waals surface area (Å²) in [7, 11) is 1.83. The molecule has 9 nitrogen and oxygen atoms in total. The van der Waals surface area contributed by atoms with Gasteiger partial charge in [0, 0.05) is 37.3 Å². The van der Waals surface area contributed by atoms with E-state index >= 15 is 0 Å². The van der Waals surface area contributed by atoms with Crippen LogP contribution in [0.25, 0.3) is 22.2 Å². The number of carbonyl (C=O) groups excluding carboxylic acids is 1. The first-order valence-electron chi connectivity index (χ1n) is 12.4. The topological polar surface area (TPSA) is 103 Å². The van der Waals surface area contributed by atoms with Crippen molar-refractivity contribution in [3.05, 3.63) is 65.3 Å². The quantitative estimate of drug-likeness (QED) is 0.339. The zero-order chi connectivity index (χ0) is 27.2. The molecule has 1 N–H and O–H groups in total. The first-order chi connectivity index (χ1) is 17.9. The molecule has 38 heavy (non-hydrogen) atoms. The summed E-state index contributed by atoms with van der Waals surface area (Å²) in [4.78, 5) is 27.4. The third-order valence-corrected chi connectivity index (χ3v) is 6.78. The van der Waals surface area contributed by atoms with Gasteiger partial charge in [0.1, 0.15) is 34.1 Å². The van der Waals surface area contributed by atoms with Gasteiger partial charge in [0.15, 0.2) is 0 Å². The second-order valence-corrected chi connectivity index (χ2v) is 10.9. The minimum atomic E-state index is -1.36. The normalized spacial score (nSPS) is 17.7. The first kappa shape index (κ1) is 25.9. The maximum atomic E-state index is 12.8. The smallest absolute Gasteiger partial charge is 0.410 e. The fraction of sp³-hybridized carbons (Fsp3) is 0.357. The van der Waals surface area contributed by atoms with E-state index in [2.05, 4.69) is 15.0 Å². The van der Waals surface area contributed by atoms with Gasteiger partial charge in [0.25, 0.3) is 0 Å². The van der Waals surface area contributed by atoms with E-state index in [4.69, 9.17) is 21.1 Å². The Morgan fingerprint density at radius 2 is 1.87 bits per heavy atom. The number of aliphatic hydroxyl groups is 1. The van der Waals surface area contributed by atoms with Gasteiger partial charge in [0.05, 0.1) is 17.6 Å². The highest BCUT2D eigenvalue weighted by Gasteiger charge is 2.45. The van der Waals surface area contributed by atoms with Gasteiger partial charge in [-0.15, -0.1) is 0 Å². The van der Waals surface area contributed by atoms with Crippen molar-refractivity contribution < 1.29 is 19.4 Å². The highest BCUT2D eigenvalue weighted by Crippen LogP contribution is 2.45. The average Bonchev–Trinajstić information content (AvgIpc) is 3.38. The van der Waals surface area contributed by atoms with Crippen molar-refractivity contribution in [2.24, 2.45) is 7.05 Å². The third kappa shape index (κ3) is 4.91. The molecule has 0 aliphatic carbocycles. The van der Waals surface area contributed by atoms with E-state index in [1.807, 2.05) is 75.7 Å². The third-order valence-electron chi connectivity index (χ3n) is 6.49. The Morgan fingerprint density at radius 1 is 1.13 bits per heavy atom. The molecule has 0 saturated carbocycles. The number of amides is 1. The highest BCUT2D eigenvalue weighted by atomic mass is 35.5. The molecule has 1 atom stereocenters. The Bertz CT molecular complexity index is 1510. The number of fused-ring (bicyclic) bond motifs is 1. The summed E-state index contributed by atoms with van der Waals surface area (Å²) < 4.78 is 13.3. The van der Waals surface area contributed by atoms with Crippen molar-refractivity contribution in [3.8, 4) is 22.8 Å². The van der Waals surface area contributed by atoms with E-state index in [-0.39, 0.29) is 11.7 Å². The molecule has 10 heteroatoms. The van der Waals surface area contributed by atoms with Crippen LogP contribution in [0.3, 0.4) is 0 Å². The molecule has 1 fully saturated rings. The average molecular weight is 536 g/mol. The predicted molar refractivity (Wildman–Crippen MR) is 144 cm³/mol. The summed E-state index contributed by atoms with van der Waals surface area (Å²) in [6.07, 6.45) is 1.27. The number of likely N-dealkylation sites (tertiary alicyclic amines) is 1. The molecule has 1 aromatic carbocycles. The van der Waals surface area contributed by atoms with Crippen LogP contribution in [0.5, 0.6) is 11.6 Å². The van der Waals surface area contributed by atoms with Gasteiger partial charge < -0.3 is 24.0 Å². The highest BCUT2D eigenvalue weighted by molar-refractivity contribution is 6.35. The van der Waals surface area contributed by atoms with E-state index in [1.165, 1.54) is 11.2 Å². The first-order valence-corrected chi connectivity index (χ1v) is 12.7. The molecule has 1 aliphatic rings. The Morgan fingerprint density at radius 3 is 2.55 bits per heavy atom. The van der Waals surface area contributed by atoms with Crippen molar-refractivity contribution >= 4 is 28.7 Å². The standard InChI is InChI=1S/C28H30ClN5O4/c1-17-7-6-8-20(32-17)37-19-11-9-18(10-12-19)21-22-24(29)30-16-31-25(22)33(5)23(21)28(36)13-14-34(15-28)26(35)38-27(2,3)4/h6-12,16,36H,13-15H2,1-5H3. The maximum absolute atomic E-state index is 12.8. The van der Waals surface area contributed by atoms with Crippen LogP contribution in [-0.4, -0.2) is 54.3 Å². The van der Waals surface area contributed by atoms with Gasteiger partial charge in [-0.05, 0) is 51.5 Å². The molecule has 5 rings (SSSR count). The second-order valence-electron chi connectivity index (χ2n) is 10.6. The molecule has 0 radical (unpaired) electrons. The Labute approximate surface area is 226 Å². The van der Waals surface area contributed by atoms with Gasteiger partial charge in [-0.3, -0.25) is 0 Å². The summed E-state index contributed by atoms with van der Waals surface area (Å²) in [6.45, 7) is 7.78. The summed E-state index contributed by atoms with van der Waals surface area (Å²) in [5, 5.41) is 12.9. The summed E-state index contributed by atoms with van der Waals surface area (Å²) in [5.74, 6) is 1.12. The molecule has 1 aliphatic heterocycles. The maximum Gasteiger partial charge on any atom is 0.410 e. The van der Waals surface area contributed by atoms with Gasteiger partial charge >= 0.3 is 6.09 Å². The fourth-order valence-electron chi connectivity index (χ4n) is 4.90. The van der Waals surface area contributed by atoms with Crippen LogP contribution in [0.15, 0.2) is 48.8 Å². The van der Waals surface area contributed by atoms with E-state index in [0.717, 1.165) is 11.3 Å². The summed E-state index contributed by atoms with van der Waals surface area (Å²) >= 11 is 6.59.